The van der Waals surface area contributed by atoms with Crippen molar-refractivity contribution in [2.45, 2.75) is 19.3 Å². The Balaban J connectivity index is 3.13. The first-order valence-electron chi connectivity index (χ1n) is 5.12. The summed E-state index contributed by atoms with van der Waals surface area (Å²) in [5.74, 6) is -0.958. The lowest BCUT2D eigenvalue weighted by Crippen LogP contribution is -2.07. The van der Waals surface area contributed by atoms with Gasteiger partial charge in [0, 0.05) is 12.2 Å². The molecule has 0 aromatic rings. The van der Waals surface area contributed by atoms with Gasteiger partial charge in [-0.3, -0.25) is 0 Å². The van der Waals surface area contributed by atoms with Crippen LogP contribution in [0, 0.1) is 11.3 Å². The van der Waals surface area contributed by atoms with E-state index in [0.29, 0.717) is 45.7 Å². The Morgan fingerprint density at radius 1 is 1.25 bits per heavy atom. The summed E-state index contributed by atoms with van der Waals surface area (Å²) in [4.78, 5) is 10.4. The minimum atomic E-state index is -0.958. The Kier molecular flexibility index (Phi) is 9.27. The monoisotopic (exact) mass is 227 g/mol. The molecule has 0 aliphatic rings. The molecule has 0 unspecified atom stereocenters. The summed E-state index contributed by atoms with van der Waals surface area (Å²) < 4.78 is 10.3. The van der Waals surface area contributed by atoms with Gasteiger partial charge in [0.2, 0.25) is 0 Å². The van der Waals surface area contributed by atoms with Crippen LogP contribution in [0.15, 0.2) is 12.2 Å². The first-order valence-corrected chi connectivity index (χ1v) is 5.12. The van der Waals surface area contributed by atoms with E-state index in [0.717, 1.165) is 0 Å². The zero-order valence-corrected chi connectivity index (χ0v) is 9.28. The number of hydrogen-bond donors (Lipinski definition) is 1. The molecule has 0 aromatic carbocycles. The van der Waals surface area contributed by atoms with Crippen molar-refractivity contribution in [2.24, 2.45) is 0 Å². The highest BCUT2D eigenvalue weighted by Gasteiger charge is 2.02. The van der Waals surface area contributed by atoms with Crippen LogP contribution in [0.3, 0.4) is 0 Å². The summed E-state index contributed by atoms with van der Waals surface area (Å²) >= 11 is 0. The molecule has 5 nitrogen and oxygen atoms in total. The highest BCUT2D eigenvalue weighted by atomic mass is 16.5. The van der Waals surface area contributed by atoms with Crippen LogP contribution in [-0.4, -0.2) is 37.5 Å². The second-order valence-corrected chi connectivity index (χ2v) is 3.15. The number of nitrogens with zero attached hydrogens (tertiary/aromatic N) is 1. The zero-order chi connectivity index (χ0) is 12.2. The van der Waals surface area contributed by atoms with Gasteiger partial charge >= 0.3 is 5.97 Å². The Morgan fingerprint density at radius 3 is 2.44 bits per heavy atom. The SMILES string of the molecule is C=C(CCCOCCOCCC#N)C(=O)O. The Labute approximate surface area is 95.3 Å². The highest BCUT2D eigenvalue weighted by molar-refractivity contribution is 5.85. The molecule has 0 aliphatic carbocycles. The third-order valence-electron chi connectivity index (χ3n) is 1.80. The van der Waals surface area contributed by atoms with Crippen molar-refractivity contribution in [3.05, 3.63) is 12.2 Å². The predicted molar refractivity (Wildman–Crippen MR) is 57.9 cm³/mol. The summed E-state index contributed by atoms with van der Waals surface area (Å²) in [7, 11) is 0. The molecular weight excluding hydrogens is 210 g/mol. The fourth-order valence-electron chi connectivity index (χ4n) is 0.934. The smallest absolute Gasteiger partial charge is 0.330 e. The van der Waals surface area contributed by atoms with E-state index in [1.165, 1.54) is 0 Å². The summed E-state index contributed by atoms with van der Waals surface area (Å²) in [5, 5.41) is 16.7. The first-order chi connectivity index (χ1) is 7.68. The van der Waals surface area contributed by atoms with Crippen molar-refractivity contribution in [2.75, 3.05) is 26.4 Å². The van der Waals surface area contributed by atoms with Crippen LogP contribution < -0.4 is 0 Å². The van der Waals surface area contributed by atoms with Gasteiger partial charge in [0.1, 0.15) is 0 Å². The number of carbonyl (C=O) groups is 1. The van der Waals surface area contributed by atoms with Crippen molar-refractivity contribution in [3.63, 3.8) is 0 Å². The lowest BCUT2D eigenvalue weighted by Gasteiger charge is -2.04. The molecule has 0 amide bonds. The number of nitriles is 1. The quantitative estimate of drug-likeness (QED) is 0.450. The third kappa shape index (κ3) is 9.19. The second kappa shape index (κ2) is 10.1. The molecule has 0 aliphatic heterocycles. The van der Waals surface area contributed by atoms with Crippen LogP contribution >= 0.6 is 0 Å². The standard InChI is InChI=1S/C11H17NO4/c1-10(11(13)14)4-2-6-15-8-9-16-7-3-5-12/h1-4,6-9H2,(H,13,14). The minimum absolute atomic E-state index is 0.203. The van der Waals surface area contributed by atoms with Gasteiger partial charge in [-0.2, -0.15) is 5.26 Å². The van der Waals surface area contributed by atoms with Crippen LogP contribution in [0.25, 0.3) is 0 Å². The molecule has 0 bridgehead atoms. The average molecular weight is 227 g/mol. The van der Waals surface area contributed by atoms with Crippen molar-refractivity contribution < 1.29 is 19.4 Å². The van der Waals surface area contributed by atoms with Crippen molar-refractivity contribution >= 4 is 5.97 Å². The van der Waals surface area contributed by atoms with Crippen molar-refractivity contribution in [1.29, 1.82) is 5.26 Å². The van der Waals surface area contributed by atoms with E-state index in [2.05, 4.69) is 6.58 Å². The molecular formula is C11H17NO4. The van der Waals surface area contributed by atoms with E-state index >= 15 is 0 Å². The third-order valence-corrected chi connectivity index (χ3v) is 1.80. The lowest BCUT2D eigenvalue weighted by atomic mass is 10.2. The predicted octanol–water partition coefficient (Wildman–Crippen LogP) is 1.35. The van der Waals surface area contributed by atoms with Gasteiger partial charge in [0.25, 0.3) is 0 Å². The van der Waals surface area contributed by atoms with Crippen LogP contribution in [-0.2, 0) is 14.3 Å². The van der Waals surface area contributed by atoms with E-state index < -0.39 is 5.97 Å². The number of hydrogen-bond acceptors (Lipinski definition) is 4. The molecule has 0 radical (unpaired) electrons. The summed E-state index contributed by atoms with van der Waals surface area (Å²) in [6.45, 7) is 5.25. The fraction of sp³-hybridized carbons (Fsp3) is 0.636. The molecule has 0 spiro atoms. The van der Waals surface area contributed by atoms with E-state index in [1.807, 2.05) is 6.07 Å². The molecule has 0 saturated heterocycles. The summed E-state index contributed by atoms with van der Waals surface area (Å²) in [5.41, 5.74) is 0.203. The normalized spacial score (nSPS) is 9.69. The zero-order valence-electron chi connectivity index (χ0n) is 9.28. The number of ether oxygens (including phenoxy) is 2. The number of rotatable bonds is 10. The number of carboxylic acid groups (broad SMARTS) is 1. The molecule has 0 heterocycles. The number of carboxylic acids is 1. The summed E-state index contributed by atoms with van der Waals surface area (Å²) in [6, 6.07) is 1.97. The maximum Gasteiger partial charge on any atom is 0.330 e. The van der Waals surface area contributed by atoms with Gasteiger partial charge < -0.3 is 14.6 Å². The molecule has 0 aromatic heterocycles. The Hall–Kier alpha value is -1.38. The van der Waals surface area contributed by atoms with E-state index in [4.69, 9.17) is 19.8 Å². The largest absolute Gasteiger partial charge is 0.478 e. The van der Waals surface area contributed by atoms with E-state index in [-0.39, 0.29) is 5.57 Å². The Bertz CT molecular complexity index is 257. The lowest BCUT2D eigenvalue weighted by molar-refractivity contribution is -0.132. The molecule has 90 valence electrons. The molecule has 0 saturated carbocycles. The van der Waals surface area contributed by atoms with Gasteiger partial charge in [-0.05, 0) is 12.8 Å². The second-order valence-electron chi connectivity index (χ2n) is 3.15. The number of aliphatic carboxylic acids is 1. The first kappa shape index (κ1) is 14.6. The highest BCUT2D eigenvalue weighted by Crippen LogP contribution is 2.02. The van der Waals surface area contributed by atoms with Gasteiger partial charge in [0.05, 0.1) is 32.3 Å². The fourth-order valence-corrected chi connectivity index (χ4v) is 0.934. The van der Waals surface area contributed by atoms with Crippen LogP contribution in [0.5, 0.6) is 0 Å². The maximum absolute atomic E-state index is 10.4. The summed E-state index contributed by atoms with van der Waals surface area (Å²) in [6.07, 6.45) is 1.46. The minimum Gasteiger partial charge on any atom is -0.478 e. The molecule has 0 fully saturated rings. The van der Waals surface area contributed by atoms with E-state index in [1.54, 1.807) is 0 Å². The Morgan fingerprint density at radius 2 is 1.88 bits per heavy atom. The van der Waals surface area contributed by atoms with Gasteiger partial charge in [-0.15, -0.1) is 0 Å². The van der Waals surface area contributed by atoms with Crippen LogP contribution in [0.1, 0.15) is 19.3 Å². The average Bonchev–Trinajstić information content (AvgIpc) is 2.26. The van der Waals surface area contributed by atoms with Crippen molar-refractivity contribution in [3.8, 4) is 6.07 Å². The topological polar surface area (TPSA) is 79.5 Å². The van der Waals surface area contributed by atoms with E-state index in [9.17, 15) is 4.79 Å². The van der Waals surface area contributed by atoms with Gasteiger partial charge in [-0.25, -0.2) is 4.79 Å². The molecule has 0 atom stereocenters. The maximum atomic E-state index is 10.4. The van der Waals surface area contributed by atoms with Gasteiger partial charge in [-0.1, -0.05) is 6.58 Å². The van der Waals surface area contributed by atoms with Gasteiger partial charge in [0.15, 0.2) is 0 Å². The molecule has 5 heteroatoms. The van der Waals surface area contributed by atoms with Crippen LogP contribution in [0.4, 0.5) is 0 Å². The molecule has 0 rings (SSSR count). The van der Waals surface area contributed by atoms with Crippen molar-refractivity contribution in [1.82, 2.24) is 0 Å². The molecule has 1 N–H and O–H groups in total. The molecule has 16 heavy (non-hydrogen) atoms. The van der Waals surface area contributed by atoms with Crippen LogP contribution in [0.2, 0.25) is 0 Å².